The maximum Gasteiger partial charge on any atom is 0.412 e. The van der Waals surface area contributed by atoms with E-state index in [9.17, 15) is 10.1 Å². The highest BCUT2D eigenvalue weighted by Crippen LogP contribution is 2.33. The minimum absolute atomic E-state index is 0.0314. The average molecular weight is 405 g/mol. The molecule has 0 bridgehead atoms. The molecule has 0 radical (unpaired) electrons. The number of carbonyl (C=O) groups excluding carboxylic acids is 1. The fourth-order valence-electron chi connectivity index (χ4n) is 2.04. The number of amides is 1. The monoisotopic (exact) mass is 404 g/mol. The Morgan fingerprint density at radius 1 is 1.32 bits per heavy atom. The molecule has 0 aliphatic heterocycles. The fourth-order valence-corrected chi connectivity index (χ4v) is 2.40. The van der Waals surface area contributed by atoms with E-state index in [1.807, 2.05) is 6.07 Å². The third-order valence-electron chi connectivity index (χ3n) is 2.94. The van der Waals surface area contributed by atoms with E-state index >= 15 is 0 Å². The van der Waals surface area contributed by atoms with Crippen molar-refractivity contribution < 1.29 is 9.53 Å². The number of nitrogens with zero attached hydrogens (tertiary/aromatic N) is 3. The van der Waals surface area contributed by atoms with Gasteiger partial charge in [0.25, 0.3) is 0 Å². The van der Waals surface area contributed by atoms with Gasteiger partial charge in [-0.05, 0) is 39.0 Å². The second-order valence-electron chi connectivity index (χ2n) is 6.12. The Balaban J connectivity index is 2.54. The lowest BCUT2D eigenvalue weighted by atomic mass is 10.0. The molecular weight excluding hydrogens is 388 g/mol. The van der Waals surface area contributed by atoms with Crippen LogP contribution in [0.5, 0.6) is 0 Å². The first-order valence-electron chi connectivity index (χ1n) is 7.23. The Morgan fingerprint density at radius 3 is 2.60 bits per heavy atom. The van der Waals surface area contributed by atoms with Crippen LogP contribution in [-0.4, -0.2) is 21.7 Å². The van der Waals surface area contributed by atoms with E-state index in [2.05, 4.69) is 31.2 Å². The molecule has 1 aromatic heterocycles. The third kappa shape index (κ3) is 4.58. The molecule has 2 aromatic rings. The van der Waals surface area contributed by atoms with Gasteiger partial charge in [-0.3, -0.25) is 5.32 Å². The fraction of sp³-hybridized carbons (Fsp3) is 0.250. The van der Waals surface area contributed by atoms with Crippen LogP contribution in [0.15, 0.2) is 22.7 Å². The number of hydrogen-bond donors (Lipinski definition) is 3. The Labute approximate surface area is 153 Å². The summed E-state index contributed by atoms with van der Waals surface area (Å²) in [7, 11) is 0. The van der Waals surface area contributed by atoms with Crippen molar-refractivity contribution in [3.63, 3.8) is 0 Å². The SMILES string of the molecule is CC(C)(C)OC(=O)Nc1cc(Br)ccc1-c1nc(N)nc(N)c1C#N. The average Bonchev–Trinajstić information content (AvgIpc) is 2.44. The number of hydrogen-bond acceptors (Lipinski definition) is 7. The van der Waals surface area contributed by atoms with Gasteiger partial charge in [-0.1, -0.05) is 15.9 Å². The van der Waals surface area contributed by atoms with Crippen molar-refractivity contribution in [2.45, 2.75) is 26.4 Å². The maximum atomic E-state index is 12.1. The summed E-state index contributed by atoms with van der Waals surface area (Å²) in [4.78, 5) is 20.0. The second kappa shape index (κ2) is 6.94. The number of nitriles is 1. The van der Waals surface area contributed by atoms with Gasteiger partial charge in [-0.2, -0.15) is 10.2 Å². The van der Waals surface area contributed by atoms with Crippen LogP contribution in [0.4, 0.5) is 22.2 Å². The molecule has 0 aliphatic carbocycles. The number of halogens is 1. The van der Waals surface area contributed by atoms with Crippen molar-refractivity contribution in [2.24, 2.45) is 0 Å². The third-order valence-corrected chi connectivity index (χ3v) is 3.43. The van der Waals surface area contributed by atoms with Gasteiger partial charge >= 0.3 is 6.09 Å². The molecule has 1 heterocycles. The molecule has 8 nitrogen and oxygen atoms in total. The van der Waals surface area contributed by atoms with Crippen LogP contribution < -0.4 is 16.8 Å². The minimum Gasteiger partial charge on any atom is -0.444 e. The smallest absolute Gasteiger partial charge is 0.412 e. The second-order valence-corrected chi connectivity index (χ2v) is 7.03. The quantitative estimate of drug-likeness (QED) is 0.696. The molecule has 0 saturated carbocycles. The van der Waals surface area contributed by atoms with Crippen molar-refractivity contribution in [1.82, 2.24) is 9.97 Å². The zero-order valence-electron chi connectivity index (χ0n) is 13.9. The molecule has 9 heteroatoms. The van der Waals surface area contributed by atoms with Gasteiger partial charge in [0.1, 0.15) is 23.1 Å². The number of nitrogens with one attached hydrogen (secondary N) is 1. The van der Waals surface area contributed by atoms with Crippen molar-refractivity contribution in [2.75, 3.05) is 16.8 Å². The molecule has 0 saturated heterocycles. The number of aromatic nitrogens is 2. The number of rotatable bonds is 2. The summed E-state index contributed by atoms with van der Waals surface area (Å²) >= 11 is 3.35. The highest BCUT2D eigenvalue weighted by molar-refractivity contribution is 9.10. The molecule has 5 N–H and O–H groups in total. The van der Waals surface area contributed by atoms with Crippen LogP contribution in [-0.2, 0) is 4.74 Å². The standard InChI is InChI=1S/C16H17BrN6O2/c1-16(2,3)25-15(24)21-11-6-8(17)4-5-9(11)12-10(7-18)13(19)23-14(20)22-12/h4-6H,1-3H3,(H,21,24)(H4,19,20,22,23). The van der Waals surface area contributed by atoms with E-state index in [0.29, 0.717) is 11.3 Å². The molecular formula is C16H17BrN6O2. The highest BCUT2D eigenvalue weighted by Gasteiger charge is 2.20. The molecule has 0 unspecified atom stereocenters. The lowest BCUT2D eigenvalue weighted by Crippen LogP contribution is -2.27. The summed E-state index contributed by atoms with van der Waals surface area (Å²) < 4.78 is 5.98. The predicted octanol–water partition coefficient (Wildman–Crippen LogP) is 3.29. The van der Waals surface area contributed by atoms with E-state index in [1.54, 1.807) is 39.0 Å². The molecule has 25 heavy (non-hydrogen) atoms. The van der Waals surface area contributed by atoms with Gasteiger partial charge in [0.2, 0.25) is 5.95 Å². The van der Waals surface area contributed by atoms with Crippen LogP contribution in [0.25, 0.3) is 11.3 Å². The van der Waals surface area contributed by atoms with E-state index in [0.717, 1.165) is 4.47 Å². The normalized spacial score (nSPS) is 10.8. The lowest BCUT2D eigenvalue weighted by molar-refractivity contribution is 0.0636. The van der Waals surface area contributed by atoms with E-state index in [4.69, 9.17) is 16.2 Å². The van der Waals surface area contributed by atoms with Gasteiger partial charge in [-0.25, -0.2) is 9.78 Å². The number of ether oxygens (including phenoxy) is 1. The Hall–Kier alpha value is -2.86. The molecule has 1 aromatic carbocycles. The van der Waals surface area contributed by atoms with Gasteiger partial charge < -0.3 is 16.2 Å². The predicted molar refractivity (Wildman–Crippen MR) is 98.6 cm³/mol. The number of nitrogens with two attached hydrogens (primary N) is 2. The Kier molecular flexibility index (Phi) is 5.13. The summed E-state index contributed by atoms with van der Waals surface area (Å²) in [5, 5.41) is 12.0. The maximum absolute atomic E-state index is 12.1. The van der Waals surface area contributed by atoms with Gasteiger partial charge in [0.15, 0.2) is 0 Å². The van der Waals surface area contributed by atoms with Crippen LogP contribution in [0.2, 0.25) is 0 Å². The topological polar surface area (TPSA) is 140 Å². The summed E-state index contributed by atoms with van der Waals surface area (Å²) in [6.45, 7) is 5.27. The zero-order chi connectivity index (χ0) is 18.8. The van der Waals surface area contributed by atoms with E-state index in [-0.39, 0.29) is 23.0 Å². The first-order chi connectivity index (χ1) is 11.6. The minimum atomic E-state index is -0.655. The summed E-state index contributed by atoms with van der Waals surface area (Å²) in [6.07, 6.45) is -0.639. The van der Waals surface area contributed by atoms with Crippen molar-refractivity contribution in [3.05, 3.63) is 28.2 Å². The van der Waals surface area contributed by atoms with Crippen LogP contribution >= 0.6 is 15.9 Å². The largest absolute Gasteiger partial charge is 0.444 e. The molecule has 1 amide bonds. The first-order valence-corrected chi connectivity index (χ1v) is 8.03. The van der Waals surface area contributed by atoms with Crippen molar-refractivity contribution in [3.8, 4) is 17.3 Å². The van der Waals surface area contributed by atoms with E-state index in [1.165, 1.54) is 0 Å². The van der Waals surface area contributed by atoms with Crippen LogP contribution in [0.1, 0.15) is 26.3 Å². The van der Waals surface area contributed by atoms with Crippen LogP contribution in [0, 0.1) is 11.3 Å². The Bertz CT molecular complexity index is 870. The molecule has 0 atom stereocenters. The number of benzene rings is 1. The number of anilines is 3. The van der Waals surface area contributed by atoms with Crippen molar-refractivity contribution in [1.29, 1.82) is 5.26 Å². The zero-order valence-corrected chi connectivity index (χ0v) is 15.5. The molecule has 0 spiro atoms. The van der Waals surface area contributed by atoms with Gasteiger partial charge in [-0.15, -0.1) is 0 Å². The highest BCUT2D eigenvalue weighted by atomic mass is 79.9. The molecule has 2 rings (SSSR count). The summed E-state index contributed by atoms with van der Waals surface area (Å²) in [5.74, 6) is -0.103. The summed E-state index contributed by atoms with van der Waals surface area (Å²) in [5.41, 5.74) is 11.9. The van der Waals surface area contributed by atoms with Gasteiger partial charge in [0.05, 0.1) is 11.4 Å². The van der Waals surface area contributed by atoms with E-state index < -0.39 is 11.7 Å². The first kappa shape index (κ1) is 18.5. The molecule has 0 aliphatic rings. The number of nitrogen functional groups attached to an aromatic ring is 2. The Morgan fingerprint density at radius 2 is 2.00 bits per heavy atom. The lowest BCUT2D eigenvalue weighted by Gasteiger charge is -2.20. The molecule has 130 valence electrons. The summed E-state index contributed by atoms with van der Waals surface area (Å²) in [6, 6.07) is 7.04. The van der Waals surface area contributed by atoms with Crippen LogP contribution in [0.3, 0.4) is 0 Å². The van der Waals surface area contributed by atoms with Crippen molar-refractivity contribution >= 4 is 39.5 Å². The van der Waals surface area contributed by atoms with Gasteiger partial charge in [0, 0.05) is 10.0 Å². The molecule has 0 fully saturated rings. The number of carbonyl (C=O) groups is 1.